The van der Waals surface area contributed by atoms with Crippen molar-refractivity contribution in [3.05, 3.63) is 62.5 Å². The molecule has 1 aliphatic heterocycles. The Morgan fingerprint density at radius 2 is 2.00 bits per heavy atom. The number of aryl methyl sites for hydroxylation is 1. The molecule has 0 saturated carbocycles. The van der Waals surface area contributed by atoms with E-state index in [2.05, 4.69) is 22.0 Å². The van der Waals surface area contributed by atoms with E-state index in [1.165, 1.54) is 22.2 Å². The second-order valence-electron chi connectivity index (χ2n) is 7.84. The zero-order chi connectivity index (χ0) is 25.4. The van der Waals surface area contributed by atoms with Crippen LogP contribution in [0.1, 0.15) is 43.4 Å². The number of halogens is 1. The summed E-state index contributed by atoms with van der Waals surface area (Å²) in [5, 5.41) is 0. The number of rotatable bonds is 11. The quantitative estimate of drug-likeness (QED) is 0.177. The summed E-state index contributed by atoms with van der Waals surface area (Å²) < 4.78 is 18.2. The summed E-state index contributed by atoms with van der Waals surface area (Å²) in [6.07, 6.45) is 2.63. The minimum atomic E-state index is -0.337. The van der Waals surface area contributed by atoms with Crippen LogP contribution in [0.2, 0.25) is 0 Å². The maximum absolute atomic E-state index is 12.9. The zero-order valence-electron chi connectivity index (χ0n) is 20.0. The van der Waals surface area contributed by atoms with E-state index in [9.17, 15) is 9.59 Å². The molecule has 0 N–H and O–H groups in total. The predicted molar refractivity (Wildman–Crippen MR) is 147 cm³/mol. The normalized spacial score (nSPS) is 14.5. The number of benzene rings is 2. The van der Waals surface area contributed by atoms with Crippen LogP contribution in [-0.4, -0.2) is 40.9 Å². The van der Waals surface area contributed by atoms with Crippen LogP contribution in [0.25, 0.3) is 6.08 Å². The maximum Gasteiger partial charge on any atom is 0.307 e. The first kappa shape index (κ1) is 27.2. The molecular weight excluding hydrogens is 550 g/mol. The minimum Gasteiger partial charge on any atom is -0.490 e. The van der Waals surface area contributed by atoms with Crippen LogP contribution in [0.5, 0.6) is 11.5 Å². The van der Waals surface area contributed by atoms with Gasteiger partial charge in [-0.2, -0.15) is 0 Å². The van der Waals surface area contributed by atoms with Gasteiger partial charge < -0.3 is 14.2 Å². The first-order chi connectivity index (χ1) is 16.8. The van der Waals surface area contributed by atoms with Crippen molar-refractivity contribution in [1.29, 1.82) is 0 Å². The molecule has 0 aromatic heterocycles. The number of amides is 1. The van der Waals surface area contributed by atoms with Crippen LogP contribution < -0.4 is 9.47 Å². The summed E-state index contributed by atoms with van der Waals surface area (Å²) in [5.41, 5.74) is 3.00. The van der Waals surface area contributed by atoms with Gasteiger partial charge >= 0.3 is 5.97 Å². The van der Waals surface area contributed by atoms with Gasteiger partial charge in [0.25, 0.3) is 5.91 Å². The Hall–Kier alpha value is -2.36. The van der Waals surface area contributed by atoms with Crippen LogP contribution >= 0.6 is 39.9 Å². The van der Waals surface area contributed by atoms with E-state index in [1.54, 1.807) is 6.08 Å². The lowest BCUT2D eigenvalue weighted by atomic mass is 10.1. The number of carbonyl (C=O) groups excluding carboxylic acids is 2. The molecule has 0 spiro atoms. The van der Waals surface area contributed by atoms with E-state index >= 15 is 0 Å². The Balaban J connectivity index is 1.75. The number of ether oxygens (including phenoxy) is 3. The van der Waals surface area contributed by atoms with Crippen LogP contribution in [0.15, 0.2) is 45.8 Å². The fourth-order valence-electron chi connectivity index (χ4n) is 3.37. The number of esters is 1. The third-order valence-electron chi connectivity index (χ3n) is 4.98. The SMILES string of the molecule is CCCOC(=O)CCN1C(=O)/C(=C\c2cc(Br)c(OCc3cccc(C)c3)c(OCC)c2)SC1=S. The van der Waals surface area contributed by atoms with Crippen LogP contribution in [0, 0.1) is 6.92 Å². The van der Waals surface area contributed by atoms with E-state index in [1.807, 2.05) is 51.1 Å². The number of hydrogen-bond acceptors (Lipinski definition) is 7. The highest BCUT2D eigenvalue weighted by atomic mass is 79.9. The van der Waals surface area contributed by atoms with E-state index in [0.29, 0.717) is 40.5 Å². The molecule has 0 atom stereocenters. The Morgan fingerprint density at radius 3 is 2.71 bits per heavy atom. The van der Waals surface area contributed by atoms with Crippen molar-refractivity contribution in [2.24, 2.45) is 0 Å². The van der Waals surface area contributed by atoms with Gasteiger partial charge in [-0.25, -0.2) is 0 Å². The first-order valence-electron chi connectivity index (χ1n) is 11.4. The van der Waals surface area contributed by atoms with Gasteiger partial charge in [0.2, 0.25) is 0 Å². The molecule has 9 heteroatoms. The number of carbonyl (C=O) groups is 2. The first-order valence-corrected chi connectivity index (χ1v) is 13.4. The molecule has 2 aromatic carbocycles. The highest BCUT2D eigenvalue weighted by Gasteiger charge is 2.32. The molecule has 1 fully saturated rings. The van der Waals surface area contributed by atoms with Crippen LogP contribution in [-0.2, 0) is 20.9 Å². The monoisotopic (exact) mass is 577 g/mol. The Bertz CT molecular complexity index is 1130. The third kappa shape index (κ3) is 7.56. The van der Waals surface area contributed by atoms with Gasteiger partial charge in [-0.15, -0.1) is 0 Å². The largest absolute Gasteiger partial charge is 0.490 e. The summed E-state index contributed by atoms with van der Waals surface area (Å²) >= 11 is 10.2. The van der Waals surface area contributed by atoms with E-state index < -0.39 is 0 Å². The molecule has 3 rings (SSSR count). The molecule has 2 aromatic rings. The summed E-state index contributed by atoms with van der Waals surface area (Å²) in [7, 11) is 0. The predicted octanol–water partition coefficient (Wildman–Crippen LogP) is 6.28. The number of nitrogens with zero attached hydrogens (tertiary/aromatic N) is 1. The fraction of sp³-hybridized carbons (Fsp3) is 0.346. The highest BCUT2D eigenvalue weighted by molar-refractivity contribution is 9.10. The van der Waals surface area contributed by atoms with Crippen molar-refractivity contribution in [1.82, 2.24) is 4.90 Å². The molecule has 6 nitrogen and oxygen atoms in total. The summed E-state index contributed by atoms with van der Waals surface area (Å²) in [6.45, 7) is 7.31. The van der Waals surface area contributed by atoms with Crippen molar-refractivity contribution in [3.8, 4) is 11.5 Å². The van der Waals surface area contributed by atoms with Crippen molar-refractivity contribution >= 4 is 62.2 Å². The Labute approximate surface area is 224 Å². The van der Waals surface area contributed by atoms with Gasteiger partial charge in [0, 0.05) is 6.54 Å². The Morgan fingerprint density at radius 1 is 1.20 bits per heavy atom. The Kier molecular flexibility index (Phi) is 10.2. The molecule has 0 aliphatic carbocycles. The number of hydrogen-bond donors (Lipinski definition) is 0. The fourth-order valence-corrected chi connectivity index (χ4v) is 5.25. The summed E-state index contributed by atoms with van der Waals surface area (Å²) in [6, 6.07) is 11.9. The molecule has 1 aliphatic rings. The average Bonchev–Trinajstić information content (AvgIpc) is 3.08. The lowest BCUT2D eigenvalue weighted by Gasteiger charge is -2.15. The maximum atomic E-state index is 12.9. The van der Waals surface area contributed by atoms with Crippen LogP contribution in [0.4, 0.5) is 0 Å². The van der Waals surface area contributed by atoms with Gasteiger partial charge in [0.15, 0.2) is 11.5 Å². The number of thiocarbonyl (C=S) groups is 1. The van der Waals surface area contributed by atoms with Gasteiger partial charge in [0.05, 0.1) is 29.0 Å². The molecule has 0 radical (unpaired) electrons. The molecule has 1 amide bonds. The van der Waals surface area contributed by atoms with Crippen molar-refractivity contribution in [3.63, 3.8) is 0 Å². The highest BCUT2D eigenvalue weighted by Crippen LogP contribution is 2.39. The average molecular weight is 579 g/mol. The summed E-state index contributed by atoms with van der Waals surface area (Å²) in [5.74, 6) is 0.618. The zero-order valence-corrected chi connectivity index (χ0v) is 23.2. The molecule has 186 valence electrons. The third-order valence-corrected chi connectivity index (χ3v) is 6.94. The van der Waals surface area contributed by atoms with Crippen LogP contribution in [0.3, 0.4) is 0 Å². The van der Waals surface area contributed by atoms with E-state index in [4.69, 9.17) is 26.4 Å². The molecule has 0 unspecified atom stereocenters. The second kappa shape index (κ2) is 13.1. The van der Waals surface area contributed by atoms with E-state index in [0.717, 1.165) is 22.0 Å². The lowest BCUT2D eigenvalue weighted by molar-refractivity contribution is -0.143. The lowest BCUT2D eigenvalue weighted by Crippen LogP contribution is -2.30. The smallest absolute Gasteiger partial charge is 0.307 e. The van der Waals surface area contributed by atoms with Gasteiger partial charge in [-0.05, 0) is 65.5 Å². The molecule has 1 saturated heterocycles. The minimum absolute atomic E-state index is 0.104. The van der Waals surface area contributed by atoms with E-state index in [-0.39, 0.29) is 24.8 Å². The molecular formula is C26H28BrNO5S2. The summed E-state index contributed by atoms with van der Waals surface area (Å²) in [4.78, 5) is 26.7. The van der Waals surface area contributed by atoms with Gasteiger partial charge in [-0.1, -0.05) is 60.7 Å². The van der Waals surface area contributed by atoms with Crippen molar-refractivity contribution in [2.75, 3.05) is 19.8 Å². The van der Waals surface area contributed by atoms with Crippen molar-refractivity contribution in [2.45, 2.75) is 40.2 Å². The van der Waals surface area contributed by atoms with Gasteiger partial charge in [-0.3, -0.25) is 14.5 Å². The topological polar surface area (TPSA) is 65.1 Å². The molecule has 0 bridgehead atoms. The van der Waals surface area contributed by atoms with Crippen molar-refractivity contribution < 1.29 is 23.8 Å². The molecule has 35 heavy (non-hydrogen) atoms. The van der Waals surface area contributed by atoms with Gasteiger partial charge in [0.1, 0.15) is 10.9 Å². The number of thioether (sulfide) groups is 1. The standard InChI is InChI=1S/C26H28BrNO5S2/c1-4-11-32-23(29)9-10-28-25(30)22(35-26(28)34)15-19-13-20(27)24(21(14-19)31-5-2)33-16-18-8-6-7-17(3)12-18/h6-8,12-15H,4-5,9-11,16H2,1-3H3/b22-15+. The molecule has 1 heterocycles. The second-order valence-corrected chi connectivity index (χ2v) is 10.4.